The van der Waals surface area contributed by atoms with Crippen molar-refractivity contribution in [3.8, 4) is 5.75 Å². The summed E-state index contributed by atoms with van der Waals surface area (Å²) in [5.74, 6) is -0.348. The molecule has 21 heavy (non-hydrogen) atoms. The molecule has 110 valence electrons. The summed E-state index contributed by atoms with van der Waals surface area (Å²) >= 11 is 0. The number of hydrogen-bond acceptors (Lipinski definition) is 3. The molecule has 2 aromatic rings. The van der Waals surface area contributed by atoms with Gasteiger partial charge in [-0.1, -0.05) is 36.4 Å². The van der Waals surface area contributed by atoms with E-state index in [0.717, 1.165) is 5.56 Å². The van der Waals surface area contributed by atoms with E-state index >= 15 is 0 Å². The number of ether oxygens (including phenoxy) is 1. The van der Waals surface area contributed by atoms with Gasteiger partial charge < -0.3 is 10.5 Å². The first kappa shape index (κ1) is 15.0. The van der Waals surface area contributed by atoms with Crippen molar-refractivity contribution >= 4 is 5.91 Å². The molecule has 0 saturated carbocycles. The Hall–Kier alpha value is -2.40. The van der Waals surface area contributed by atoms with Gasteiger partial charge in [0.2, 0.25) is 5.91 Å². The van der Waals surface area contributed by atoms with Crippen LogP contribution in [0, 0.1) is 5.82 Å². The van der Waals surface area contributed by atoms with Crippen LogP contribution >= 0.6 is 0 Å². The number of benzene rings is 2. The molecule has 1 amide bonds. The minimum atomic E-state index is -0.567. The van der Waals surface area contributed by atoms with Crippen LogP contribution in [-0.4, -0.2) is 19.1 Å². The maximum atomic E-state index is 13.0. The summed E-state index contributed by atoms with van der Waals surface area (Å²) in [4.78, 5) is 11.5. The Balaban J connectivity index is 1.85. The van der Waals surface area contributed by atoms with Crippen molar-refractivity contribution in [2.24, 2.45) is 5.73 Å². The Kier molecular flexibility index (Phi) is 5.29. The molecule has 0 saturated heterocycles. The van der Waals surface area contributed by atoms with Gasteiger partial charge in [0.25, 0.3) is 0 Å². The zero-order valence-corrected chi connectivity index (χ0v) is 11.5. The molecule has 0 fully saturated rings. The quantitative estimate of drug-likeness (QED) is 0.766. The second-order valence-corrected chi connectivity index (χ2v) is 4.51. The standard InChI is InChI=1S/C16H17FN2O2/c17-13-7-4-8-14(11-13)21-10-9-19-15(16(18)20)12-5-2-1-3-6-12/h1-8,11,15,19H,9-10H2,(H2,18,20)/t15-/m0/s1. The number of primary amides is 1. The summed E-state index contributed by atoms with van der Waals surface area (Å²) in [7, 11) is 0. The first-order chi connectivity index (χ1) is 10.2. The minimum absolute atomic E-state index is 0.306. The molecule has 5 heteroatoms. The van der Waals surface area contributed by atoms with Crippen molar-refractivity contribution in [3.63, 3.8) is 0 Å². The predicted molar refractivity (Wildman–Crippen MR) is 78.3 cm³/mol. The lowest BCUT2D eigenvalue weighted by Crippen LogP contribution is -2.35. The summed E-state index contributed by atoms with van der Waals surface area (Å²) in [6.07, 6.45) is 0. The van der Waals surface area contributed by atoms with E-state index in [-0.39, 0.29) is 5.82 Å². The van der Waals surface area contributed by atoms with Gasteiger partial charge in [0.1, 0.15) is 24.2 Å². The van der Waals surface area contributed by atoms with Gasteiger partial charge in [-0.2, -0.15) is 0 Å². The third-order valence-electron chi connectivity index (χ3n) is 2.93. The summed E-state index contributed by atoms with van der Waals surface area (Å²) in [6.45, 7) is 0.721. The Morgan fingerprint density at radius 1 is 1.19 bits per heavy atom. The number of halogens is 1. The Labute approximate surface area is 122 Å². The molecule has 2 rings (SSSR count). The van der Waals surface area contributed by atoms with Crippen LogP contribution in [0.5, 0.6) is 5.75 Å². The average molecular weight is 288 g/mol. The van der Waals surface area contributed by atoms with E-state index in [9.17, 15) is 9.18 Å². The smallest absolute Gasteiger partial charge is 0.239 e. The van der Waals surface area contributed by atoms with Crippen LogP contribution in [-0.2, 0) is 4.79 Å². The number of amides is 1. The molecule has 0 aliphatic rings. The molecule has 1 atom stereocenters. The Morgan fingerprint density at radius 3 is 2.62 bits per heavy atom. The van der Waals surface area contributed by atoms with Crippen molar-refractivity contribution in [1.82, 2.24) is 5.32 Å². The predicted octanol–water partition coefficient (Wildman–Crippen LogP) is 2.02. The summed E-state index contributed by atoms with van der Waals surface area (Å²) in [5, 5.41) is 3.03. The van der Waals surface area contributed by atoms with Gasteiger partial charge >= 0.3 is 0 Å². The van der Waals surface area contributed by atoms with Crippen LogP contribution in [0.3, 0.4) is 0 Å². The van der Waals surface area contributed by atoms with Gasteiger partial charge in [0.15, 0.2) is 0 Å². The van der Waals surface area contributed by atoms with Gasteiger partial charge in [0, 0.05) is 12.6 Å². The molecule has 0 aromatic heterocycles. The maximum Gasteiger partial charge on any atom is 0.239 e. The highest BCUT2D eigenvalue weighted by atomic mass is 19.1. The molecule has 4 nitrogen and oxygen atoms in total. The van der Waals surface area contributed by atoms with Crippen molar-refractivity contribution < 1.29 is 13.9 Å². The SMILES string of the molecule is NC(=O)[C@@H](NCCOc1cccc(F)c1)c1ccccc1. The molecule has 0 aliphatic carbocycles. The molecule has 2 aromatic carbocycles. The van der Waals surface area contributed by atoms with Gasteiger partial charge in [-0.15, -0.1) is 0 Å². The summed E-state index contributed by atoms with van der Waals surface area (Å²) in [5.41, 5.74) is 6.19. The Morgan fingerprint density at radius 2 is 1.95 bits per heavy atom. The van der Waals surface area contributed by atoms with E-state index in [1.807, 2.05) is 30.3 Å². The monoisotopic (exact) mass is 288 g/mol. The molecule has 3 N–H and O–H groups in total. The fraction of sp³-hybridized carbons (Fsp3) is 0.188. The number of nitrogens with two attached hydrogens (primary N) is 1. The first-order valence-corrected chi connectivity index (χ1v) is 6.63. The number of carbonyl (C=O) groups excluding carboxylic acids is 1. The fourth-order valence-electron chi connectivity index (χ4n) is 1.96. The maximum absolute atomic E-state index is 13.0. The second-order valence-electron chi connectivity index (χ2n) is 4.51. The van der Waals surface area contributed by atoms with E-state index < -0.39 is 11.9 Å². The van der Waals surface area contributed by atoms with E-state index in [2.05, 4.69) is 5.32 Å². The summed E-state index contributed by atoms with van der Waals surface area (Å²) < 4.78 is 18.4. The van der Waals surface area contributed by atoms with E-state index in [1.54, 1.807) is 12.1 Å². The van der Waals surface area contributed by atoms with Crippen molar-refractivity contribution in [2.45, 2.75) is 6.04 Å². The normalized spacial score (nSPS) is 11.9. The second kappa shape index (κ2) is 7.40. The van der Waals surface area contributed by atoms with Crippen LogP contribution in [0.15, 0.2) is 54.6 Å². The lowest BCUT2D eigenvalue weighted by molar-refractivity contribution is -0.120. The van der Waals surface area contributed by atoms with E-state index in [0.29, 0.717) is 18.9 Å². The first-order valence-electron chi connectivity index (χ1n) is 6.63. The molecule has 0 spiro atoms. The highest BCUT2D eigenvalue weighted by molar-refractivity contribution is 5.81. The lowest BCUT2D eigenvalue weighted by Gasteiger charge is -2.16. The van der Waals surface area contributed by atoms with E-state index in [1.165, 1.54) is 12.1 Å². The topological polar surface area (TPSA) is 64.4 Å². The van der Waals surface area contributed by atoms with Crippen LogP contribution in [0.25, 0.3) is 0 Å². The largest absolute Gasteiger partial charge is 0.492 e. The van der Waals surface area contributed by atoms with Crippen LogP contribution in [0.4, 0.5) is 4.39 Å². The van der Waals surface area contributed by atoms with Gasteiger partial charge in [-0.05, 0) is 17.7 Å². The Bertz CT molecular complexity index is 590. The zero-order chi connectivity index (χ0) is 15.1. The number of rotatable bonds is 7. The van der Waals surface area contributed by atoms with Crippen molar-refractivity contribution in [3.05, 3.63) is 66.0 Å². The molecule has 0 heterocycles. The number of hydrogen-bond donors (Lipinski definition) is 2. The van der Waals surface area contributed by atoms with Gasteiger partial charge in [0.05, 0.1) is 0 Å². The highest BCUT2D eigenvalue weighted by Crippen LogP contribution is 2.13. The molecule has 0 radical (unpaired) electrons. The number of nitrogens with one attached hydrogen (secondary N) is 1. The van der Waals surface area contributed by atoms with Gasteiger partial charge in [-0.3, -0.25) is 10.1 Å². The molecular formula is C16H17FN2O2. The van der Waals surface area contributed by atoms with Crippen LogP contribution in [0.1, 0.15) is 11.6 Å². The molecule has 0 unspecified atom stereocenters. The van der Waals surface area contributed by atoms with Crippen LogP contribution in [0.2, 0.25) is 0 Å². The fourth-order valence-corrected chi connectivity index (χ4v) is 1.96. The van der Waals surface area contributed by atoms with Crippen molar-refractivity contribution in [1.29, 1.82) is 0 Å². The number of carbonyl (C=O) groups is 1. The molecule has 0 bridgehead atoms. The van der Waals surface area contributed by atoms with Gasteiger partial charge in [-0.25, -0.2) is 4.39 Å². The third-order valence-corrected chi connectivity index (χ3v) is 2.93. The minimum Gasteiger partial charge on any atom is -0.492 e. The molecule has 0 aliphatic heterocycles. The molecular weight excluding hydrogens is 271 g/mol. The lowest BCUT2D eigenvalue weighted by atomic mass is 10.1. The third kappa shape index (κ3) is 4.57. The average Bonchev–Trinajstić information content (AvgIpc) is 2.48. The van der Waals surface area contributed by atoms with E-state index in [4.69, 9.17) is 10.5 Å². The van der Waals surface area contributed by atoms with Crippen LogP contribution < -0.4 is 15.8 Å². The summed E-state index contributed by atoms with van der Waals surface area (Å²) in [6, 6.07) is 14.6. The zero-order valence-electron chi connectivity index (χ0n) is 11.5. The highest BCUT2D eigenvalue weighted by Gasteiger charge is 2.16. The van der Waals surface area contributed by atoms with Crippen molar-refractivity contribution in [2.75, 3.05) is 13.2 Å².